The van der Waals surface area contributed by atoms with Crippen molar-refractivity contribution in [1.82, 2.24) is 25.4 Å². The molecular formula is C14H21N5O2S. The first-order chi connectivity index (χ1) is 10.6. The smallest absolute Gasteiger partial charge is 0.166 e. The summed E-state index contributed by atoms with van der Waals surface area (Å²) >= 11 is 0. The van der Waals surface area contributed by atoms with Gasteiger partial charge in [0, 0.05) is 16.9 Å². The Morgan fingerprint density at radius 2 is 2.18 bits per heavy atom. The second-order valence-electron chi connectivity index (χ2n) is 5.87. The van der Waals surface area contributed by atoms with Crippen LogP contribution in [0.25, 0.3) is 0 Å². The number of rotatable bonds is 5. The summed E-state index contributed by atoms with van der Waals surface area (Å²) in [5.41, 5.74) is 0.708. The predicted molar refractivity (Wildman–Crippen MR) is 81.4 cm³/mol. The van der Waals surface area contributed by atoms with Gasteiger partial charge in [0.15, 0.2) is 5.82 Å². The average molecular weight is 323 g/mol. The SMILES string of the molecule is Cc1cc(CS(=O)C(C)c2nnnn2C2CCCCC2)no1. The number of nitrogens with zero attached hydrogens (tertiary/aromatic N) is 5. The molecular weight excluding hydrogens is 302 g/mol. The highest BCUT2D eigenvalue weighted by Gasteiger charge is 2.26. The fourth-order valence-electron chi connectivity index (χ4n) is 2.93. The van der Waals surface area contributed by atoms with Crippen LogP contribution in [0.4, 0.5) is 0 Å². The zero-order valence-electron chi connectivity index (χ0n) is 12.9. The summed E-state index contributed by atoms with van der Waals surface area (Å²) in [5, 5.41) is 15.7. The summed E-state index contributed by atoms with van der Waals surface area (Å²) in [4.78, 5) is 0. The van der Waals surface area contributed by atoms with Crippen molar-refractivity contribution < 1.29 is 8.73 Å². The van der Waals surface area contributed by atoms with E-state index >= 15 is 0 Å². The molecule has 2 aromatic rings. The van der Waals surface area contributed by atoms with Gasteiger partial charge < -0.3 is 4.52 Å². The van der Waals surface area contributed by atoms with Gasteiger partial charge >= 0.3 is 0 Å². The quantitative estimate of drug-likeness (QED) is 0.840. The van der Waals surface area contributed by atoms with E-state index in [-0.39, 0.29) is 5.25 Å². The molecule has 0 radical (unpaired) electrons. The normalized spacial score (nSPS) is 19.2. The van der Waals surface area contributed by atoms with E-state index in [1.165, 1.54) is 19.3 Å². The molecule has 2 aromatic heterocycles. The molecule has 2 atom stereocenters. The molecule has 1 aliphatic carbocycles. The summed E-state index contributed by atoms with van der Waals surface area (Å²) in [7, 11) is -1.13. The van der Waals surface area contributed by atoms with Crippen molar-refractivity contribution >= 4 is 10.8 Å². The van der Waals surface area contributed by atoms with Gasteiger partial charge in [0.25, 0.3) is 0 Å². The second-order valence-corrected chi connectivity index (χ2v) is 7.63. The first kappa shape index (κ1) is 15.3. The van der Waals surface area contributed by atoms with E-state index in [2.05, 4.69) is 20.7 Å². The molecule has 8 heteroatoms. The van der Waals surface area contributed by atoms with Crippen molar-refractivity contribution in [2.45, 2.75) is 63.0 Å². The lowest BCUT2D eigenvalue weighted by Crippen LogP contribution is -2.20. The lowest BCUT2D eigenvalue weighted by atomic mass is 9.95. The first-order valence-corrected chi connectivity index (χ1v) is 9.10. The van der Waals surface area contributed by atoms with Crippen LogP contribution in [-0.4, -0.2) is 29.6 Å². The number of tetrazole rings is 1. The fourth-order valence-corrected chi connectivity index (χ4v) is 4.00. The minimum Gasteiger partial charge on any atom is -0.361 e. The van der Waals surface area contributed by atoms with Gasteiger partial charge in [-0.25, -0.2) is 4.68 Å². The van der Waals surface area contributed by atoms with Crippen LogP contribution in [0, 0.1) is 6.92 Å². The van der Waals surface area contributed by atoms with Gasteiger partial charge in [-0.3, -0.25) is 4.21 Å². The Kier molecular flexibility index (Phi) is 4.66. The Hall–Kier alpha value is -1.57. The summed E-state index contributed by atoms with van der Waals surface area (Å²) in [6.07, 6.45) is 5.89. The largest absolute Gasteiger partial charge is 0.361 e. The van der Waals surface area contributed by atoms with Crippen molar-refractivity contribution in [3.63, 3.8) is 0 Å². The highest BCUT2D eigenvalue weighted by atomic mass is 32.2. The summed E-state index contributed by atoms with van der Waals surface area (Å²) < 4.78 is 19.5. The van der Waals surface area contributed by atoms with E-state index in [0.29, 0.717) is 23.3 Å². The molecule has 2 heterocycles. The Morgan fingerprint density at radius 3 is 2.86 bits per heavy atom. The molecule has 3 rings (SSSR count). The van der Waals surface area contributed by atoms with Crippen LogP contribution in [-0.2, 0) is 16.6 Å². The van der Waals surface area contributed by atoms with Gasteiger partial charge in [-0.05, 0) is 37.1 Å². The first-order valence-electron chi connectivity index (χ1n) is 7.72. The van der Waals surface area contributed by atoms with Crippen molar-refractivity contribution in [3.8, 4) is 0 Å². The van der Waals surface area contributed by atoms with Crippen LogP contribution in [0.2, 0.25) is 0 Å². The third-order valence-electron chi connectivity index (χ3n) is 4.16. The van der Waals surface area contributed by atoms with Crippen LogP contribution in [0.15, 0.2) is 10.6 Å². The maximum absolute atomic E-state index is 12.6. The van der Waals surface area contributed by atoms with E-state index in [0.717, 1.165) is 18.6 Å². The van der Waals surface area contributed by atoms with Crippen molar-refractivity contribution in [3.05, 3.63) is 23.3 Å². The Bertz CT molecular complexity index is 647. The minimum atomic E-state index is -1.13. The van der Waals surface area contributed by atoms with Gasteiger partial charge in [-0.15, -0.1) is 5.10 Å². The topological polar surface area (TPSA) is 86.7 Å². The fraction of sp³-hybridized carbons (Fsp3) is 0.714. The van der Waals surface area contributed by atoms with Crippen molar-refractivity contribution in [2.24, 2.45) is 0 Å². The zero-order chi connectivity index (χ0) is 15.5. The van der Waals surface area contributed by atoms with Gasteiger partial charge in [-0.2, -0.15) is 0 Å². The molecule has 2 unspecified atom stereocenters. The van der Waals surface area contributed by atoms with Crippen molar-refractivity contribution in [2.75, 3.05) is 0 Å². The molecule has 7 nitrogen and oxygen atoms in total. The van der Waals surface area contributed by atoms with E-state index in [1.54, 1.807) is 0 Å². The van der Waals surface area contributed by atoms with Crippen LogP contribution >= 0.6 is 0 Å². The summed E-state index contributed by atoms with van der Waals surface area (Å²) in [5.74, 6) is 1.80. The van der Waals surface area contributed by atoms with Crippen molar-refractivity contribution in [1.29, 1.82) is 0 Å². The average Bonchev–Trinajstić information content (AvgIpc) is 3.16. The molecule has 0 amide bonds. The van der Waals surface area contributed by atoms with Crippen LogP contribution in [0.3, 0.4) is 0 Å². The number of aryl methyl sites for hydroxylation is 1. The third-order valence-corrected chi connectivity index (χ3v) is 5.74. The van der Waals surface area contributed by atoms with Gasteiger partial charge in [-0.1, -0.05) is 24.4 Å². The Labute approximate surface area is 131 Å². The molecule has 0 bridgehead atoms. The number of hydrogen-bond donors (Lipinski definition) is 0. The lowest BCUT2D eigenvalue weighted by Gasteiger charge is -2.23. The van der Waals surface area contributed by atoms with E-state index in [4.69, 9.17) is 4.52 Å². The van der Waals surface area contributed by atoms with E-state index in [1.807, 2.05) is 24.6 Å². The molecule has 1 saturated carbocycles. The van der Waals surface area contributed by atoms with E-state index < -0.39 is 10.8 Å². The van der Waals surface area contributed by atoms with Crippen LogP contribution in [0.1, 0.15) is 67.6 Å². The standard InChI is InChI=1S/C14H21N5O2S/c1-10-8-12(16-21-10)9-22(20)11(2)14-15-17-18-19(14)13-6-4-3-5-7-13/h8,11,13H,3-7,9H2,1-2H3. The molecule has 0 saturated heterocycles. The highest BCUT2D eigenvalue weighted by Crippen LogP contribution is 2.30. The maximum atomic E-state index is 12.6. The van der Waals surface area contributed by atoms with Gasteiger partial charge in [0.1, 0.15) is 5.76 Å². The molecule has 120 valence electrons. The maximum Gasteiger partial charge on any atom is 0.166 e. The van der Waals surface area contributed by atoms with Gasteiger partial charge in [0.05, 0.1) is 22.7 Å². The highest BCUT2D eigenvalue weighted by molar-refractivity contribution is 7.84. The number of aromatic nitrogens is 5. The minimum absolute atomic E-state index is 0.228. The molecule has 0 N–H and O–H groups in total. The van der Waals surface area contributed by atoms with E-state index in [9.17, 15) is 4.21 Å². The lowest BCUT2D eigenvalue weighted by molar-refractivity contribution is 0.316. The van der Waals surface area contributed by atoms with Gasteiger partial charge in [0.2, 0.25) is 0 Å². The monoisotopic (exact) mass is 323 g/mol. The van der Waals surface area contributed by atoms with Crippen LogP contribution in [0.5, 0.6) is 0 Å². The van der Waals surface area contributed by atoms with Crippen LogP contribution < -0.4 is 0 Å². The molecule has 0 aromatic carbocycles. The molecule has 1 aliphatic rings. The summed E-state index contributed by atoms with van der Waals surface area (Å²) in [6.45, 7) is 3.74. The molecule has 0 spiro atoms. The molecule has 22 heavy (non-hydrogen) atoms. The second kappa shape index (κ2) is 6.68. The predicted octanol–water partition coefficient (Wildman–Crippen LogP) is 2.48. The third kappa shape index (κ3) is 3.26. The zero-order valence-corrected chi connectivity index (χ0v) is 13.8. The Balaban J connectivity index is 1.73. The molecule has 0 aliphatic heterocycles. The summed E-state index contributed by atoms with van der Waals surface area (Å²) in [6, 6.07) is 2.15. The number of hydrogen-bond acceptors (Lipinski definition) is 6. The Morgan fingerprint density at radius 1 is 1.41 bits per heavy atom. The molecule has 1 fully saturated rings.